The van der Waals surface area contributed by atoms with Crippen molar-refractivity contribution >= 4 is 21.9 Å². The van der Waals surface area contributed by atoms with E-state index in [1.807, 2.05) is 30.3 Å². The first-order valence-electron chi connectivity index (χ1n) is 9.94. The Bertz CT molecular complexity index is 1280. The molecule has 3 heterocycles. The molecule has 0 saturated carbocycles. The minimum atomic E-state index is -5.88. The van der Waals surface area contributed by atoms with Crippen LogP contribution in [0, 0.1) is 0 Å². The van der Waals surface area contributed by atoms with Crippen molar-refractivity contribution in [3.8, 4) is 5.88 Å². The van der Waals surface area contributed by atoms with Crippen molar-refractivity contribution in [2.75, 3.05) is 6.54 Å². The molecule has 0 bridgehead atoms. The van der Waals surface area contributed by atoms with E-state index in [1.165, 1.54) is 21.7 Å². The van der Waals surface area contributed by atoms with Gasteiger partial charge < -0.3 is 9.29 Å². The highest BCUT2D eigenvalue weighted by Gasteiger charge is 2.49. The van der Waals surface area contributed by atoms with E-state index in [0.29, 0.717) is 31.5 Å². The fourth-order valence-electron chi connectivity index (χ4n) is 4.09. The number of likely N-dealkylation sites (tertiary alicyclic amines) is 1. The number of carbonyl (C=O) groups is 1. The fraction of sp³-hybridized carbons (Fsp3) is 0.350. The molecule has 176 valence electrons. The van der Waals surface area contributed by atoms with E-state index >= 15 is 0 Å². The predicted octanol–water partition coefficient (Wildman–Crippen LogP) is 3.56. The van der Waals surface area contributed by atoms with Gasteiger partial charge in [0.15, 0.2) is 5.65 Å². The van der Waals surface area contributed by atoms with Crippen molar-refractivity contribution < 1.29 is 35.7 Å². The SMILES string of the molecule is O=C(O)N1CCCC[C@]1(Cc1ccccc1)c1cc2nc(OS(=O)(=O)C(F)(F)F)ccn2n1. The number of amides is 1. The van der Waals surface area contributed by atoms with Crippen molar-refractivity contribution in [3.05, 3.63) is 59.9 Å². The first-order chi connectivity index (χ1) is 15.5. The van der Waals surface area contributed by atoms with Crippen molar-refractivity contribution in [2.45, 2.75) is 36.7 Å². The van der Waals surface area contributed by atoms with Crippen LogP contribution < -0.4 is 4.18 Å². The average Bonchev–Trinajstić information content (AvgIpc) is 3.17. The van der Waals surface area contributed by atoms with Crippen molar-refractivity contribution in [1.82, 2.24) is 19.5 Å². The summed E-state index contributed by atoms with van der Waals surface area (Å²) < 4.78 is 65.9. The molecule has 0 unspecified atom stereocenters. The van der Waals surface area contributed by atoms with Gasteiger partial charge in [-0.15, -0.1) is 0 Å². The number of hydrogen-bond acceptors (Lipinski definition) is 6. The summed E-state index contributed by atoms with van der Waals surface area (Å²) in [4.78, 5) is 17.3. The summed E-state index contributed by atoms with van der Waals surface area (Å²) in [5, 5.41) is 14.4. The molecule has 0 radical (unpaired) electrons. The second kappa shape index (κ2) is 8.21. The Labute approximate surface area is 186 Å². The van der Waals surface area contributed by atoms with Crippen LogP contribution >= 0.6 is 0 Å². The highest BCUT2D eigenvalue weighted by molar-refractivity contribution is 7.87. The Balaban J connectivity index is 1.78. The first-order valence-corrected chi connectivity index (χ1v) is 11.3. The topological polar surface area (TPSA) is 114 Å². The zero-order chi connectivity index (χ0) is 23.9. The second-order valence-electron chi connectivity index (χ2n) is 7.67. The van der Waals surface area contributed by atoms with E-state index < -0.39 is 33.1 Å². The number of piperidine rings is 1. The molecule has 1 aliphatic rings. The third-order valence-electron chi connectivity index (χ3n) is 5.56. The zero-order valence-electron chi connectivity index (χ0n) is 17.1. The van der Waals surface area contributed by atoms with Gasteiger partial charge in [0.1, 0.15) is 0 Å². The van der Waals surface area contributed by atoms with Crippen molar-refractivity contribution in [2.24, 2.45) is 0 Å². The highest BCUT2D eigenvalue weighted by atomic mass is 32.2. The summed E-state index contributed by atoms with van der Waals surface area (Å²) in [5.41, 5.74) is -5.37. The molecule has 0 aliphatic carbocycles. The second-order valence-corrected chi connectivity index (χ2v) is 9.20. The van der Waals surface area contributed by atoms with Crippen LogP contribution in [-0.2, 0) is 22.1 Å². The number of halogens is 3. The van der Waals surface area contributed by atoms with Gasteiger partial charge in [-0.2, -0.15) is 31.7 Å². The van der Waals surface area contributed by atoms with E-state index in [9.17, 15) is 31.5 Å². The van der Waals surface area contributed by atoms with Crippen molar-refractivity contribution in [1.29, 1.82) is 0 Å². The molecule has 1 aliphatic heterocycles. The maximum absolute atomic E-state index is 12.6. The van der Waals surface area contributed by atoms with Gasteiger partial charge in [0.05, 0.1) is 11.2 Å². The lowest BCUT2D eigenvalue weighted by molar-refractivity contribution is -0.0501. The lowest BCUT2D eigenvalue weighted by atomic mass is 9.79. The van der Waals surface area contributed by atoms with E-state index in [2.05, 4.69) is 14.3 Å². The zero-order valence-corrected chi connectivity index (χ0v) is 17.9. The number of benzene rings is 1. The maximum Gasteiger partial charge on any atom is 0.534 e. The number of carboxylic acid groups (broad SMARTS) is 1. The van der Waals surface area contributed by atoms with Gasteiger partial charge in [0, 0.05) is 31.3 Å². The molecule has 1 atom stereocenters. The molecule has 2 aromatic heterocycles. The Morgan fingerprint density at radius 3 is 2.58 bits per heavy atom. The molecule has 3 aromatic rings. The van der Waals surface area contributed by atoms with Gasteiger partial charge >= 0.3 is 21.7 Å². The van der Waals surface area contributed by atoms with E-state index in [0.717, 1.165) is 18.1 Å². The number of rotatable bonds is 5. The van der Waals surface area contributed by atoms with E-state index in [4.69, 9.17) is 0 Å². The predicted molar refractivity (Wildman–Crippen MR) is 109 cm³/mol. The Kier molecular flexibility index (Phi) is 5.68. The van der Waals surface area contributed by atoms with Gasteiger partial charge in [-0.25, -0.2) is 9.31 Å². The first kappa shape index (κ1) is 22.8. The lowest BCUT2D eigenvalue weighted by Gasteiger charge is -2.44. The molecular weight excluding hydrogens is 465 g/mol. The van der Waals surface area contributed by atoms with Gasteiger partial charge in [-0.05, 0) is 24.8 Å². The maximum atomic E-state index is 12.6. The molecule has 1 saturated heterocycles. The van der Waals surface area contributed by atoms with E-state index in [-0.39, 0.29) is 5.65 Å². The fourth-order valence-corrected chi connectivity index (χ4v) is 4.50. The lowest BCUT2D eigenvalue weighted by Crippen LogP contribution is -2.53. The molecule has 1 aromatic carbocycles. The standard InChI is InChI=1S/C20H19F3N4O5S/c21-20(22,23)33(30,31)32-17-8-11-27-16(24-17)12-15(25-27)19(13-14-6-2-1-3-7-14)9-4-5-10-26(19)18(28)29/h1-3,6-8,11-12H,4-5,9-10,13H2,(H,28,29)/t19-/m0/s1. The van der Waals surface area contributed by atoms with Crippen LogP contribution in [0.15, 0.2) is 48.7 Å². The van der Waals surface area contributed by atoms with Gasteiger partial charge in [-0.3, -0.25) is 4.90 Å². The molecule has 4 rings (SSSR count). The molecule has 13 heteroatoms. The number of alkyl halides is 3. The molecule has 1 amide bonds. The minimum Gasteiger partial charge on any atom is -0.465 e. The van der Waals surface area contributed by atoms with Crippen LogP contribution in [-0.4, -0.2) is 51.2 Å². The summed E-state index contributed by atoms with van der Waals surface area (Å²) in [6, 6.07) is 11.7. The normalized spacial score (nSPS) is 19.5. The third-order valence-corrected chi connectivity index (χ3v) is 6.52. The summed E-state index contributed by atoms with van der Waals surface area (Å²) in [6.07, 6.45) is 2.32. The number of hydrogen-bond donors (Lipinski definition) is 1. The smallest absolute Gasteiger partial charge is 0.465 e. The van der Waals surface area contributed by atoms with Crippen LogP contribution in [0.3, 0.4) is 0 Å². The number of aromatic nitrogens is 3. The number of fused-ring (bicyclic) bond motifs is 1. The van der Waals surface area contributed by atoms with Crippen LogP contribution in [0.1, 0.15) is 30.5 Å². The van der Waals surface area contributed by atoms with Crippen LogP contribution in [0.2, 0.25) is 0 Å². The molecule has 1 N–H and O–H groups in total. The Morgan fingerprint density at radius 1 is 1.18 bits per heavy atom. The summed E-state index contributed by atoms with van der Waals surface area (Å²) in [7, 11) is -5.88. The molecule has 1 fully saturated rings. The number of nitrogens with zero attached hydrogens (tertiary/aromatic N) is 4. The van der Waals surface area contributed by atoms with Crippen LogP contribution in [0.25, 0.3) is 5.65 Å². The third kappa shape index (κ3) is 4.32. The Hall–Kier alpha value is -3.35. The van der Waals surface area contributed by atoms with Crippen LogP contribution in [0.4, 0.5) is 18.0 Å². The molecule has 33 heavy (non-hydrogen) atoms. The summed E-state index contributed by atoms with van der Waals surface area (Å²) in [5.74, 6) is -0.776. The summed E-state index contributed by atoms with van der Waals surface area (Å²) in [6.45, 7) is 0.293. The van der Waals surface area contributed by atoms with Crippen LogP contribution in [0.5, 0.6) is 5.88 Å². The van der Waals surface area contributed by atoms with Gasteiger partial charge in [-0.1, -0.05) is 30.3 Å². The van der Waals surface area contributed by atoms with Gasteiger partial charge in [0.25, 0.3) is 0 Å². The highest BCUT2D eigenvalue weighted by Crippen LogP contribution is 2.40. The molecule has 9 nitrogen and oxygen atoms in total. The molecular formula is C20H19F3N4O5S. The van der Waals surface area contributed by atoms with Crippen molar-refractivity contribution in [3.63, 3.8) is 0 Å². The Morgan fingerprint density at radius 2 is 1.91 bits per heavy atom. The summed E-state index contributed by atoms with van der Waals surface area (Å²) >= 11 is 0. The average molecular weight is 484 g/mol. The molecule has 0 spiro atoms. The monoisotopic (exact) mass is 484 g/mol. The quantitative estimate of drug-likeness (QED) is 0.435. The largest absolute Gasteiger partial charge is 0.534 e. The minimum absolute atomic E-state index is 0.0169. The van der Waals surface area contributed by atoms with E-state index in [1.54, 1.807) is 0 Å². The van der Waals surface area contributed by atoms with Gasteiger partial charge in [0.2, 0.25) is 5.88 Å².